The number of hydrogen-bond acceptors (Lipinski definition) is 2. The fourth-order valence-electron chi connectivity index (χ4n) is 3.41. The summed E-state index contributed by atoms with van der Waals surface area (Å²) >= 11 is 6.14. The average molecular weight is 293 g/mol. The molecule has 0 aliphatic carbocycles. The molecule has 4 heteroatoms. The van der Waals surface area contributed by atoms with E-state index in [1.54, 1.807) is 6.07 Å². The smallest absolute Gasteiger partial charge is 0.255 e. The van der Waals surface area contributed by atoms with Crippen molar-refractivity contribution >= 4 is 17.5 Å². The number of carbonyl (C=O) groups is 1. The molecule has 2 heterocycles. The third kappa shape index (κ3) is 2.57. The Bertz CT molecular complexity index is 509. The number of rotatable bonds is 1. The van der Waals surface area contributed by atoms with E-state index in [-0.39, 0.29) is 5.91 Å². The van der Waals surface area contributed by atoms with Gasteiger partial charge in [0.25, 0.3) is 5.91 Å². The maximum Gasteiger partial charge on any atom is 0.255 e. The van der Waals surface area contributed by atoms with E-state index >= 15 is 0 Å². The van der Waals surface area contributed by atoms with Gasteiger partial charge in [-0.3, -0.25) is 4.79 Å². The van der Waals surface area contributed by atoms with E-state index < -0.39 is 0 Å². The fourth-order valence-corrected chi connectivity index (χ4v) is 3.63. The number of benzene rings is 1. The van der Waals surface area contributed by atoms with Gasteiger partial charge in [-0.15, -0.1) is 0 Å². The van der Waals surface area contributed by atoms with Gasteiger partial charge >= 0.3 is 0 Å². The molecule has 2 saturated heterocycles. The van der Waals surface area contributed by atoms with E-state index in [0.29, 0.717) is 16.0 Å². The molecule has 1 aromatic rings. The van der Waals surface area contributed by atoms with E-state index in [1.165, 1.54) is 12.8 Å². The Kier molecular flexibility index (Phi) is 3.74. The van der Waals surface area contributed by atoms with E-state index in [2.05, 4.69) is 11.9 Å². The molecule has 2 fully saturated rings. The highest BCUT2D eigenvalue weighted by atomic mass is 35.5. The second kappa shape index (κ2) is 5.38. The van der Waals surface area contributed by atoms with Crippen molar-refractivity contribution in [1.82, 2.24) is 9.80 Å². The Labute approximate surface area is 125 Å². The predicted molar refractivity (Wildman–Crippen MR) is 81.1 cm³/mol. The van der Waals surface area contributed by atoms with Gasteiger partial charge in [-0.2, -0.15) is 0 Å². The minimum absolute atomic E-state index is 0.0893. The van der Waals surface area contributed by atoms with Gasteiger partial charge in [0.2, 0.25) is 0 Å². The molecule has 0 radical (unpaired) electrons. The number of carbonyl (C=O) groups excluding carboxylic acids is 1. The Morgan fingerprint density at radius 1 is 1.15 bits per heavy atom. The molecular weight excluding hydrogens is 272 g/mol. The lowest BCUT2D eigenvalue weighted by Crippen LogP contribution is -2.40. The highest BCUT2D eigenvalue weighted by molar-refractivity contribution is 6.33. The third-order valence-corrected chi connectivity index (χ3v) is 5.21. The zero-order chi connectivity index (χ0) is 14.2. The number of nitrogens with zero attached hydrogens (tertiary/aromatic N) is 2. The van der Waals surface area contributed by atoms with Crippen LogP contribution >= 0.6 is 11.6 Å². The summed E-state index contributed by atoms with van der Waals surface area (Å²) in [5, 5.41) is 0.557. The third-order valence-electron chi connectivity index (χ3n) is 4.88. The van der Waals surface area contributed by atoms with Crippen LogP contribution in [0.1, 0.15) is 29.6 Å². The maximum atomic E-state index is 12.6. The van der Waals surface area contributed by atoms with Gasteiger partial charge in [-0.1, -0.05) is 23.7 Å². The molecule has 1 amide bonds. The van der Waals surface area contributed by atoms with Crippen LogP contribution in [0.15, 0.2) is 24.3 Å². The quantitative estimate of drug-likeness (QED) is 0.795. The van der Waals surface area contributed by atoms with Crippen molar-refractivity contribution in [1.29, 1.82) is 0 Å². The maximum absolute atomic E-state index is 12.6. The van der Waals surface area contributed by atoms with Crippen LogP contribution in [0, 0.1) is 5.41 Å². The summed E-state index contributed by atoms with van der Waals surface area (Å²) in [4.78, 5) is 17.0. The lowest BCUT2D eigenvalue weighted by Gasteiger charge is -2.37. The van der Waals surface area contributed by atoms with Crippen molar-refractivity contribution in [3.8, 4) is 0 Å². The monoisotopic (exact) mass is 292 g/mol. The van der Waals surface area contributed by atoms with Crippen LogP contribution in [0.25, 0.3) is 0 Å². The second-order valence-electron chi connectivity index (χ2n) is 6.26. The van der Waals surface area contributed by atoms with Crippen LogP contribution in [-0.4, -0.2) is 48.9 Å². The minimum Gasteiger partial charge on any atom is -0.338 e. The van der Waals surface area contributed by atoms with Crippen LogP contribution in [0.2, 0.25) is 5.02 Å². The molecule has 2 aliphatic rings. The van der Waals surface area contributed by atoms with Crippen LogP contribution < -0.4 is 0 Å². The molecule has 3 rings (SSSR count). The highest BCUT2D eigenvalue weighted by Crippen LogP contribution is 2.40. The van der Waals surface area contributed by atoms with Gasteiger partial charge in [0.1, 0.15) is 0 Å². The lowest BCUT2D eigenvalue weighted by molar-refractivity contribution is 0.0737. The van der Waals surface area contributed by atoms with Crippen molar-refractivity contribution in [2.24, 2.45) is 5.41 Å². The molecule has 3 nitrogen and oxygen atoms in total. The average Bonchev–Trinajstić information content (AvgIpc) is 2.87. The van der Waals surface area contributed by atoms with Gasteiger partial charge in [0.15, 0.2) is 0 Å². The topological polar surface area (TPSA) is 23.6 Å². The highest BCUT2D eigenvalue weighted by Gasteiger charge is 2.41. The van der Waals surface area contributed by atoms with Gasteiger partial charge in [0.05, 0.1) is 10.6 Å². The fraction of sp³-hybridized carbons (Fsp3) is 0.562. The van der Waals surface area contributed by atoms with Crippen LogP contribution in [0.3, 0.4) is 0 Å². The zero-order valence-electron chi connectivity index (χ0n) is 11.9. The van der Waals surface area contributed by atoms with Gasteiger partial charge in [-0.05, 0) is 56.9 Å². The molecular formula is C16H21ClN2O. The standard InChI is InChI=1S/C16H21ClN2O/c1-18-9-6-16(7-10-18)8-11-19(12-16)15(20)13-4-2-3-5-14(13)17/h2-5H,6-12H2,1H3. The summed E-state index contributed by atoms with van der Waals surface area (Å²) in [6, 6.07) is 7.35. The first kappa shape index (κ1) is 13.9. The van der Waals surface area contributed by atoms with Crippen LogP contribution in [0.5, 0.6) is 0 Å². The lowest BCUT2D eigenvalue weighted by atomic mass is 9.78. The van der Waals surface area contributed by atoms with Crippen molar-refractivity contribution in [2.75, 3.05) is 33.2 Å². The number of halogens is 1. The summed E-state index contributed by atoms with van der Waals surface area (Å²) in [5.41, 5.74) is 0.989. The molecule has 1 spiro atoms. The van der Waals surface area contributed by atoms with Crippen molar-refractivity contribution in [2.45, 2.75) is 19.3 Å². The molecule has 2 aliphatic heterocycles. The molecule has 0 aromatic heterocycles. The SMILES string of the molecule is CN1CCC2(CC1)CCN(C(=O)c1ccccc1Cl)C2. The van der Waals surface area contributed by atoms with Crippen molar-refractivity contribution in [3.63, 3.8) is 0 Å². The number of amides is 1. The molecule has 0 bridgehead atoms. The van der Waals surface area contributed by atoms with E-state index in [9.17, 15) is 4.79 Å². The largest absolute Gasteiger partial charge is 0.338 e. The first-order valence-corrected chi connectivity index (χ1v) is 7.70. The van der Waals surface area contributed by atoms with E-state index in [1.807, 2.05) is 23.1 Å². The van der Waals surface area contributed by atoms with Crippen LogP contribution in [-0.2, 0) is 0 Å². The Balaban J connectivity index is 1.71. The summed E-state index contributed by atoms with van der Waals surface area (Å²) in [6.07, 6.45) is 3.54. The first-order valence-electron chi connectivity index (χ1n) is 7.32. The summed E-state index contributed by atoms with van der Waals surface area (Å²) in [7, 11) is 2.18. The van der Waals surface area contributed by atoms with E-state index in [0.717, 1.165) is 32.6 Å². The predicted octanol–water partition coefficient (Wildman–Crippen LogP) is 2.90. The molecule has 0 unspecified atom stereocenters. The molecule has 0 saturated carbocycles. The van der Waals surface area contributed by atoms with E-state index in [4.69, 9.17) is 11.6 Å². The zero-order valence-corrected chi connectivity index (χ0v) is 12.7. The van der Waals surface area contributed by atoms with Crippen molar-refractivity contribution in [3.05, 3.63) is 34.9 Å². The summed E-state index contributed by atoms with van der Waals surface area (Å²) in [5.74, 6) is 0.0893. The Hall–Kier alpha value is -1.06. The number of likely N-dealkylation sites (tertiary alicyclic amines) is 2. The number of piperidine rings is 1. The Morgan fingerprint density at radius 2 is 1.80 bits per heavy atom. The molecule has 0 atom stereocenters. The molecule has 0 N–H and O–H groups in total. The van der Waals surface area contributed by atoms with Gasteiger partial charge < -0.3 is 9.80 Å². The molecule has 20 heavy (non-hydrogen) atoms. The van der Waals surface area contributed by atoms with Gasteiger partial charge in [-0.25, -0.2) is 0 Å². The molecule has 108 valence electrons. The van der Waals surface area contributed by atoms with Gasteiger partial charge in [0, 0.05) is 13.1 Å². The first-order chi connectivity index (χ1) is 9.60. The van der Waals surface area contributed by atoms with Crippen molar-refractivity contribution < 1.29 is 4.79 Å². The normalized spacial score (nSPS) is 22.4. The summed E-state index contributed by atoms with van der Waals surface area (Å²) in [6.45, 7) is 4.06. The summed E-state index contributed by atoms with van der Waals surface area (Å²) < 4.78 is 0. The molecule has 1 aromatic carbocycles. The number of hydrogen-bond donors (Lipinski definition) is 0. The Morgan fingerprint density at radius 3 is 2.50 bits per heavy atom. The van der Waals surface area contributed by atoms with Crippen LogP contribution in [0.4, 0.5) is 0 Å². The minimum atomic E-state index is 0.0893. The second-order valence-corrected chi connectivity index (χ2v) is 6.67.